The number of nitrogens with two attached hydrogens (primary N) is 1. The van der Waals surface area contributed by atoms with E-state index in [9.17, 15) is 4.79 Å². The highest BCUT2D eigenvalue weighted by Gasteiger charge is 2.16. The molecule has 2 nitrogen and oxygen atoms in total. The fourth-order valence-corrected chi connectivity index (χ4v) is 3.35. The minimum atomic E-state index is 0.182. The fraction of sp³-hybridized carbons (Fsp3) is 0.214. The van der Waals surface area contributed by atoms with Gasteiger partial charge in [0.15, 0.2) is 5.78 Å². The average Bonchev–Trinajstić information content (AvgIpc) is 2.76. The van der Waals surface area contributed by atoms with E-state index in [1.54, 1.807) is 0 Å². The molecule has 0 spiro atoms. The molecule has 0 amide bonds. The quantitative estimate of drug-likeness (QED) is 0.666. The Kier molecular flexibility index (Phi) is 4.19. The first-order chi connectivity index (χ1) is 8.58. The van der Waals surface area contributed by atoms with E-state index in [1.165, 1.54) is 11.3 Å². The molecule has 4 heteroatoms. The molecule has 94 valence electrons. The second-order valence-electron chi connectivity index (χ2n) is 4.29. The lowest BCUT2D eigenvalue weighted by molar-refractivity contribution is 0.0979. The van der Waals surface area contributed by atoms with Gasteiger partial charge in [0.05, 0.1) is 4.88 Å². The van der Waals surface area contributed by atoms with Gasteiger partial charge in [0.1, 0.15) is 0 Å². The zero-order valence-electron chi connectivity index (χ0n) is 10.0. The molecule has 1 aromatic heterocycles. The molecular formula is C14H14BrNOS. The molecule has 0 aliphatic rings. The number of hydrogen-bond donors (Lipinski definition) is 1. The third kappa shape index (κ3) is 3.00. The van der Waals surface area contributed by atoms with E-state index < -0.39 is 0 Å². The third-order valence-corrected chi connectivity index (χ3v) is 4.75. The summed E-state index contributed by atoms with van der Waals surface area (Å²) in [5.41, 5.74) is 7.55. The molecule has 2 rings (SSSR count). The van der Waals surface area contributed by atoms with Crippen molar-refractivity contribution in [3.63, 3.8) is 0 Å². The number of carbonyl (C=O) groups excluding carboxylic acids is 1. The summed E-state index contributed by atoms with van der Waals surface area (Å²) in [6.07, 6.45) is 0.517. The SMILES string of the molecule is CC(CC(=O)c1sccc1Br)c1ccc(N)cc1. The Morgan fingerprint density at radius 1 is 1.33 bits per heavy atom. The van der Waals surface area contributed by atoms with Crippen molar-refractivity contribution in [3.05, 3.63) is 50.6 Å². The monoisotopic (exact) mass is 323 g/mol. The minimum absolute atomic E-state index is 0.182. The first-order valence-electron chi connectivity index (χ1n) is 5.69. The van der Waals surface area contributed by atoms with Crippen molar-refractivity contribution in [2.75, 3.05) is 5.73 Å². The number of carbonyl (C=O) groups is 1. The number of rotatable bonds is 4. The average molecular weight is 324 g/mol. The van der Waals surface area contributed by atoms with E-state index in [0.717, 1.165) is 20.6 Å². The van der Waals surface area contributed by atoms with Gasteiger partial charge in [-0.15, -0.1) is 11.3 Å². The maximum atomic E-state index is 12.1. The summed E-state index contributed by atoms with van der Waals surface area (Å²) in [7, 11) is 0. The Morgan fingerprint density at radius 2 is 2.00 bits per heavy atom. The van der Waals surface area contributed by atoms with Crippen LogP contribution in [0, 0.1) is 0 Å². The maximum absolute atomic E-state index is 12.1. The Morgan fingerprint density at radius 3 is 2.56 bits per heavy atom. The third-order valence-electron chi connectivity index (χ3n) is 2.87. The van der Waals surface area contributed by atoms with Crippen molar-refractivity contribution in [1.29, 1.82) is 0 Å². The number of thiophene rings is 1. The van der Waals surface area contributed by atoms with Gasteiger partial charge < -0.3 is 5.73 Å². The van der Waals surface area contributed by atoms with E-state index in [-0.39, 0.29) is 11.7 Å². The first kappa shape index (κ1) is 13.3. The van der Waals surface area contributed by atoms with Crippen LogP contribution in [0.4, 0.5) is 5.69 Å². The molecule has 18 heavy (non-hydrogen) atoms. The van der Waals surface area contributed by atoms with Crippen LogP contribution in [0.5, 0.6) is 0 Å². The van der Waals surface area contributed by atoms with Crippen LogP contribution < -0.4 is 5.73 Å². The van der Waals surface area contributed by atoms with Crippen LogP contribution in [0.1, 0.15) is 34.5 Å². The van der Waals surface area contributed by atoms with Crippen molar-refractivity contribution >= 4 is 38.7 Å². The molecule has 1 unspecified atom stereocenters. The molecule has 2 N–H and O–H groups in total. The van der Waals surface area contributed by atoms with Gasteiger partial charge in [0.25, 0.3) is 0 Å². The van der Waals surface area contributed by atoms with Crippen LogP contribution in [0.2, 0.25) is 0 Å². The molecule has 2 aromatic rings. The lowest BCUT2D eigenvalue weighted by atomic mass is 9.95. The van der Waals surface area contributed by atoms with Crippen LogP contribution >= 0.6 is 27.3 Å². The molecule has 0 bridgehead atoms. The molecular weight excluding hydrogens is 310 g/mol. The number of Topliss-reactive ketones (excluding diaryl/α,β-unsaturated/α-hetero) is 1. The number of hydrogen-bond acceptors (Lipinski definition) is 3. The number of benzene rings is 1. The van der Waals surface area contributed by atoms with Crippen molar-refractivity contribution in [1.82, 2.24) is 0 Å². The van der Waals surface area contributed by atoms with Gasteiger partial charge in [-0.05, 0) is 51.0 Å². The Balaban J connectivity index is 2.08. The molecule has 1 atom stereocenters. The smallest absolute Gasteiger partial charge is 0.174 e. The van der Waals surface area contributed by atoms with Gasteiger partial charge in [-0.3, -0.25) is 4.79 Å². The van der Waals surface area contributed by atoms with Crippen molar-refractivity contribution in [3.8, 4) is 0 Å². The summed E-state index contributed by atoms with van der Waals surface area (Å²) < 4.78 is 0.891. The van der Waals surface area contributed by atoms with E-state index in [4.69, 9.17) is 5.73 Å². The first-order valence-corrected chi connectivity index (χ1v) is 7.37. The largest absolute Gasteiger partial charge is 0.399 e. The predicted molar refractivity (Wildman–Crippen MR) is 80.2 cm³/mol. The van der Waals surface area contributed by atoms with E-state index in [0.29, 0.717) is 6.42 Å². The van der Waals surface area contributed by atoms with E-state index in [2.05, 4.69) is 22.9 Å². The molecule has 1 heterocycles. The molecule has 0 fully saturated rings. The van der Waals surface area contributed by atoms with Crippen molar-refractivity contribution in [2.24, 2.45) is 0 Å². The number of anilines is 1. The summed E-state index contributed by atoms with van der Waals surface area (Å²) in [4.78, 5) is 12.9. The highest BCUT2D eigenvalue weighted by molar-refractivity contribution is 9.10. The molecule has 0 saturated heterocycles. The van der Waals surface area contributed by atoms with E-state index >= 15 is 0 Å². The van der Waals surface area contributed by atoms with E-state index in [1.807, 2.05) is 35.7 Å². The summed E-state index contributed by atoms with van der Waals surface area (Å²) in [5, 5.41) is 1.92. The van der Waals surface area contributed by atoms with Crippen LogP contribution in [-0.2, 0) is 0 Å². The lowest BCUT2D eigenvalue weighted by Crippen LogP contribution is -2.04. The summed E-state index contributed by atoms with van der Waals surface area (Å²) in [6.45, 7) is 2.06. The standard InChI is InChI=1S/C14H14BrNOS/c1-9(10-2-4-11(16)5-3-10)8-13(17)14-12(15)6-7-18-14/h2-7,9H,8,16H2,1H3. The summed E-state index contributed by atoms with van der Waals surface area (Å²) >= 11 is 4.88. The molecule has 0 aliphatic carbocycles. The maximum Gasteiger partial charge on any atom is 0.174 e. The van der Waals surface area contributed by atoms with Gasteiger partial charge >= 0.3 is 0 Å². The molecule has 1 aromatic carbocycles. The predicted octanol–water partition coefficient (Wildman–Crippen LogP) is 4.47. The van der Waals surface area contributed by atoms with Gasteiger partial charge in [-0.1, -0.05) is 19.1 Å². The van der Waals surface area contributed by atoms with Crippen LogP contribution in [-0.4, -0.2) is 5.78 Å². The highest BCUT2D eigenvalue weighted by Crippen LogP contribution is 2.28. The Bertz CT molecular complexity index is 547. The normalized spacial score (nSPS) is 12.3. The molecule has 0 saturated carbocycles. The highest BCUT2D eigenvalue weighted by atomic mass is 79.9. The second kappa shape index (κ2) is 5.67. The lowest BCUT2D eigenvalue weighted by Gasteiger charge is -2.10. The van der Waals surface area contributed by atoms with Crippen molar-refractivity contribution in [2.45, 2.75) is 19.3 Å². The topological polar surface area (TPSA) is 43.1 Å². The molecule has 0 aliphatic heterocycles. The van der Waals surface area contributed by atoms with Crippen LogP contribution in [0.25, 0.3) is 0 Å². The second-order valence-corrected chi connectivity index (χ2v) is 6.06. The van der Waals surface area contributed by atoms with Gasteiger partial charge in [-0.25, -0.2) is 0 Å². The number of halogens is 1. The molecule has 0 radical (unpaired) electrons. The van der Waals surface area contributed by atoms with Crippen LogP contribution in [0.15, 0.2) is 40.2 Å². The van der Waals surface area contributed by atoms with Gasteiger partial charge in [0, 0.05) is 16.6 Å². The Labute approximate surface area is 119 Å². The van der Waals surface area contributed by atoms with Crippen molar-refractivity contribution < 1.29 is 4.79 Å². The Hall–Kier alpha value is -1.13. The minimum Gasteiger partial charge on any atom is -0.399 e. The number of nitrogen functional groups attached to an aromatic ring is 1. The fourth-order valence-electron chi connectivity index (χ4n) is 1.81. The van der Waals surface area contributed by atoms with Crippen LogP contribution in [0.3, 0.4) is 0 Å². The zero-order valence-corrected chi connectivity index (χ0v) is 12.4. The summed E-state index contributed by atoms with van der Waals surface area (Å²) in [5.74, 6) is 0.383. The zero-order chi connectivity index (χ0) is 13.1. The van der Waals surface area contributed by atoms with Gasteiger partial charge in [0.2, 0.25) is 0 Å². The van der Waals surface area contributed by atoms with Gasteiger partial charge in [-0.2, -0.15) is 0 Å². The summed E-state index contributed by atoms with van der Waals surface area (Å²) in [6, 6.07) is 9.62. The number of ketones is 1.